The lowest BCUT2D eigenvalue weighted by Crippen LogP contribution is -2.26. The van der Waals surface area contributed by atoms with Crippen LogP contribution in [-0.4, -0.2) is 40.2 Å². The van der Waals surface area contributed by atoms with Gasteiger partial charge in [0, 0.05) is 23.2 Å². The van der Waals surface area contributed by atoms with Gasteiger partial charge in [0.05, 0.1) is 27.8 Å². The molecule has 0 spiro atoms. The molecule has 0 bridgehead atoms. The van der Waals surface area contributed by atoms with E-state index in [2.05, 4.69) is 5.32 Å². The highest BCUT2D eigenvalue weighted by molar-refractivity contribution is 7.98. The summed E-state index contributed by atoms with van der Waals surface area (Å²) in [7, 11) is -2.29. The van der Waals surface area contributed by atoms with E-state index < -0.39 is 21.9 Å². The number of thioether (sulfide) groups is 1. The molecule has 0 saturated heterocycles. The Bertz CT molecular complexity index is 1290. The third-order valence-corrected chi connectivity index (χ3v) is 7.79. The molecule has 0 aromatic heterocycles. The number of carbonyl (C=O) groups excluding carboxylic acids is 2. The Balaban J connectivity index is 1.72. The minimum atomic E-state index is -3.75. The molecular weight excluding hydrogens is 496 g/mol. The number of carbonyl (C=O) groups is 2. The van der Waals surface area contributed by atoms with Gasteiger partial charge in [-0.15, -0.1) is 11.8 Å². The first kappa shape index (κ1) is 25.6. The number of anilines is 2. The zero-order valence-electron chi connectivity index (χ0n) is 18.7. The molecule has 7 nitrogen and oxygen atoms in total. The van der Waals surface area contributed by atoms with Gasteiger partial charge in [-0.25, -0.2) is 13.2 Å². The van der Waals surface area contributed by atoms with Crippen LogP contribution in [0.1, 0.15) is 27.6 Å². The number of hydrogen-bond donors (Lipinski definition) is 1. The van der Waals surface area contributed by atoms with E-state index >= 15 is 0 Å². The second-order valence-electron chi connectivity index (χ2n) is 7.06. The summed E-state index contributed by atoms with van der Waals surface area (Å²) in [6.45, 7) is 1.92. The Labute approximate surface area is 208 Å². The van der Waals surface area contributed by atoms with Crippen LogP contribution in [0.4, 0.5) is 11.4 Å². The van der Waals surface area contributed by atoms with Gasteiger partial charge in [0.15, 0.2) is 0 Å². The summed E-state index contributed by atoms with van der Waals surface area (Å²) >= 11 is 7.67. The van der Waals surface area contributed by atoms with E-state index in [0.717, 1.165) is 9.20 Å². The molecule has 0 aliphatic heterocycles. The Kier molecular flexibility index (Phi) is 8.24. The van der Waals surface area contributed by atoms with E-state index in [-0.39, 0.29) is 22.1 Å². The van der Waals surface area contributed by atoms with Crippen molar-refractivity contribution in [2.75, 3.05) is 29.5 Å². The van der Waals surface area contributed by atoms with E-state index in [9.17, 15) is 18.0 Å². The van der Waals surface area contributed by atoms with Gasteiger partial charge in [0.25, 0.3) is 15.9 Å². The number of sulfonamides is 1. The topological polar surface area (TPSA) is 92.8 Å². The number of nitrogens with zero attached hydrogens (tertiary/aromatic N) is 1. The number of rotatable bonds is 8. The summed E-state index contributed by atoms with van der Waals surface area (Å²) in [6, 6.07) is 17.3. The maximum atomic E-state index is 12.9. The van der Waals surface area contributed by atoms with Crippen molar-refractivity contribution in [3.8, 4) is 0 Å². The number of halogens is 1. The number of hydrogen-bond acceptors (Lipinski definition) is 6. The highest BCUT2D eigenvalue weighted by Gasteiger charge is 2.21. The molecule has 0 saturated carbocycles. The molecule has 0 aliphatic rings. The summed E-state index contributed by atoms with van der Waals surface area (Å²) in [4.78, 5) is 25.6. The van der Waals surface area contributed by atoms with Crippen molar-refractivity contribution in [2.45, 2.75) is 16.7 Å². The molecular formula is C24H23ClN2O5S2. The SMILES string of the molecule is CCOC(=O)c1ccc(NC(=O)c2ccc(N(C)S(=O)(=O)c3ccc(SC)cc3)cc2)cc1Cl. The van der Waals surface area contributed by atoms with Crippen LogP contribution in [0.2, 0.25) is 5.02 Å². The number of nitrogens with one attached hydrogen (secondary N) is 1. The number of amides is 1. The van der Waals surface area contributed by atoms with Gasteiger partial charge in [-0.05, 0) is 79.9 Å². The van der Waals surface area contributed by atoms with Gasteiger partial charge >= 0.3 is 5.97 Å². The first-order valence-corrected chi connectivity index (χ1v) is 13.2. The van der Waals surface area contributed by atoms with Crippen molar-refractivity contribution in [1.82, 2.24) is 0 Å². The van der Waals surface area contributed by atoms with Gasteiger partial charge in [-0.1, -0.05) is 11.6 Å². The smallest absolute Gasteiger partial charge is 0.339 e. The van der Waals surface area contributed by atoms with Crippen LogP contribution in [0.15, 0.2) is 76.5 Å². The van der Waals surface area contributed by atoms with E-state index in [0.29, 0.717) is 16.9 Å². The Morgan fingerprint density at radius 2 is 1.68 bits per heavy atom. The van der Waals surface area contributed by atoms with E-state index in [1.807, 2.05) is 6.26 Å². The largest absolute Gasteiger partial charge is 0.462 e. The van der Waals surface area contributed by atoms with Gasteiger partial charge < -0.3 is 10.1 Å². The predicted octanol–water partition coefficient (Wildman–Crippen LogP) is 5.32. The van der Waals surface area contributed by atoms with Crippen molar-refractivity contribution in [1.29, 1.82) is 0 Å². The standard InChI is InChI=1S/C24H23ClN2O5S2/c1-4-32-24(29)21-14-7-17(15-22(21)25)26-23(28)16-5-8-18(9-6-16)27(2)34(30,31)20-12-10-19(33-3)11-13-20/h5-15H,4H2,1-3H3,(H,26,28). The van der Waals surface area contributed by atoms with Crippen molar-refractivity contribution in [3.63, 3.8) is 0 Å². The van der Waals surface area contributed by atoms with Crippen LogP contribution in [0.5, 0.6) is 0 Å². The second kappa shape index (κ2) is 10.9. The highest BCUT2D eigenvalue weighted by atomic mass is 35.5. The second-order valence-corrected chi connectivity index (χ2v) is 10.3. The van der Waals surface area contributed by atoms with Crippen LogP contribution >= 0.6 is 23.4 Å². The summed E-state index contributed by atoms with van der Waals surface area (Å²) in [5.74, 6) is -0.954. The molecule has 10 heteroatoms. The normalized spacial score (nSPS) is 11.1. The fourth-order valence-corrected chi connectivity index (χ4v) is 4.90. The molecule has 3 aromatic carbocycles. The lowest BCUT2D eigenvalue weighted by molar-refractivity contribution is 0.0526. The molecule has 0 radical (unpaired) electrons. The number of esters is 1. The van der Waals surface area contributed by atoms with Gasteiger partial charge in [0.2, 0.25) is 0 Å². The quantitative estimate of drug-likeness (QED) is 0.320. The molecule has 0 unspecified atom stereocenters. The zero-order chi connectivity index (χ0) is 24.9. The fraction of sp³-hybridized carbons (Fsp3) is 0.167. The van der Waals surface area contributed by atoms with E-state index in [4.69, 9.17) is 16.3 Å². The molecule has 1 amide bonds. The average molecular weight is 519 g/mol. The van der Waals surface area contributed by atoms with Crippen molar-refractivity contribution < 1.29 is 22.7 Å². The molecule has 1 N–H and O–H groups in total. The lowest BCUT2D eigenvalue weighted by Gasteiger charge is -2.20. The van der Waals surface area contributed by atoms with Gasteiger partial charge in [-0.3, -0.25) is 9.10 Å². The van der Waals surface area contributed by atoms with E-state index in [1.54, 1.807) is 49.4 Å². The molecule has 0 fully saturated rings. The average Bonchev–Trinajstić information content (AvgIpc) is 2.83. The number of ether oxygens (including phenoxy) is 1. The molecule has 3 aromatic rings. The third-order valence-electron chi connectivity index (χ3n) is 4.93. The van der Waals surface area contributed by atoms with Gasteiger partial charge in [-0.2, -0.15) is 0 Å². The van der Waals surface area contributed by atoms with Crippen LogP contribution in [0.3, 0.4) is 0 Å². The van der Waals surface area contributed by atoms with Gasteiger partial charge in [0.1, 0.15) is 0 Å². The highest BCUT2D eigenvalue weighted by Crippen LogP contribution is 2.25. The monoisotopic (exact) mass is 518 g/mol. The minimum absolute atomic E-state index is 0.156. The Morgan fingerprint density at radius 3 is 2.24 bits per heavy atom. The zero-order valence-corrected chi connectivity index (χ0v) is 21.1. The first-order chi connectivity index (χ1) is 16.2. The molecule has 0 aliphatic carbocycles. The minimum Gasteiger partial charge on any atom is -0.462 e. The summed E-state index contributed by atoms with van der Waals surface area (Å²) in [5.41, 5.74) is 1.34. The summed E-state index contributed by atoms with van der Waals surface area (Å²) < 4.78 is 32.0. The van der Waals surface area contributed by atoms with Crippen molar-refractivity contribution in [3.05, 3.63) is 82.9 Å². The van der Waals surface area contributed by atoms with Crippen LogP contribution in [-0.2, 0) is 14.8 Å². The summed E-state index contributed by atoms with van der Waals surface area (Å²) in [6.07, 6.45) is 1.92. The first-order valence-electron chi connectivity index (χ1n) is 10.2. The molecule has 0 heterocycles. The third kappa shape index (κ3) is 5.72. The van der Waals surface area contributed by atoms with Crippen LogP contribution < -0.4 is 9.62 Å². The van der Waals surface area contributed by atoms with Crippen LogP contribution in [0, 0.1) is 0 Å². The molecule has 178 valence electrons. The Morgan fingerprint density at radius 1 is 1.03 bits per heavy atom. The molecule has 0 atom stereocenters. The van der Waals surface area contributed by atoms with Crippen LogP contribution in [0.25, 0.3) is 0 Å². The molecule has 34 heavy (non-hydrogen) atoms. The number of benzene rings is 3. The maximum Gasteiger partial charge on any atom is 0.339 e. The fourth-order valence-electron chi connectivity index (χ4n) is 3.04. The van der Waals surface area contributed by atoms with Crippen molar-refractivity contribution in [2.24, 2.45) is 0 Å². The summed E-state index contributed by atoms with van der Waals surface area (Å²) in [5, 5.41) is 2.86. The van der Waals surface area contributed by atoms with Crippen molar-refractivity contribution >= 4 is 56.6 Å². The Hall–Kier alpha value is -3.01. The lowest BCUT2D eigenvalue weighted by atomic mass is 10.1. The predicted molar refractivity (Wildman–Crippen MR) is 136 cm³/mol. The van der Waals surface area contributed by atoms with E-state index in [1.165, 1.54) is 43.1 Å². The molecule has 3 rings (SSSR count). The maximum absolute atomic E-state index is 12.9.